The number of nitrogens with zero attached hydrogens (tertiary/aromatic N) is 1. The molecule has 0 aliphatic heterocycles. The molecule has 0 spiro atoms. The van der Waals surface area contributed by atoms with Gasteiger partial charge in [-0.3, -0.25) is 15.6 Å². The Morgan fingerprint density at radius 3 is 1.68 bits per heavy atom. The first-order valence-electron chi connectivity index (χ1n) is 11.5. The van der Waals surface area contributed by atoms with E-state index in [4.69, 9.17) is 12.2 Å². The Balaban J connectivity index is 1.45. The smallest absolute Gasteiger partial charge is 0.269 e. The van der Waals surface area contributed by atoms with Crippen LogP contribution in [0.5, 0.6) is 0 Å². The number of hydrogen-bond donors (Lipinski definition) is 3. The molecule has 0 atom stereocenters. The lowest BCUT2D eigenvalue weighted by Crippen LogP contribution is -2.43. The van der Waals surface area contributed by atoms with Crippen molar-refractivity contribution in [1.29, 1.82) is 0 Å². The third-order valence-electron chi connectivity index (χ3n) is 5.48. The number of hydrogen-bond acceptors (Lipinski definition) is 4. The zero-order valence-corrected chi connectivity index (χ0v) is 21.5. The highest BCUT2D eigenvalue weighted by Crippen LogP contribution is 2.22. The van der Waals surface area contributed by atoms with Crippen LogP contribution in [0.25, 0.3) is 0 Å². The molecule has 4 rings (SSSR count). The summed E-state index contributed by atoms with van der Waals surface area (Å²) in [5, 5.41) is 3.17. The predicted molar refractivity (Wildman–Crippen MR) is 149 cm³/mol. The van der Waals surface area contributed by atoms with Gasteiger partial charge in [0.1, 0.15) is 0 Å². The largest absolute Gasteiger partial charge is 0.331 e. The molecule has 0 heterocycles. The van der Waals surface area contributed by atoms with E-state index in [0.717, 1.165) is 16.8 Å². The van der Waals surface area contributed by atoms with Crippen molar-refractivity contribution in [3.05, 3.63) is 132 Å². The van der Waals surface area contributed by atoms with Crippen LogP contribution in [0.1, 0.15) is 21.5 Å². The molecule has 1 amide bonds. The molecular weight excluding hydrogens is 504 g/mol. The van der Waals surface area contributed by atoms with E-state index < -0.39 is 15.9 Å². The monoisotopic (exact) mass is 530 g/mol. The summed E-state index contributed by atoms with van der Waals surface area (Å²) in [5.41, 5.74) is 7.97. The van der Waals surface area contributed by atoms with Gasteiger partial charge in [0.15, 0.2) is 5.11 Å². The van der Waals surface area contributed by atoms with E-state index in [2.05, 4.69) is 16.2 Å². The number of carbonyl (C=O) groups excluding carboxylic acids is 1. The Morgan fingerprint density at radius 2 is 1.16 bits per heavy atom. The van der Waals surface area contributed by atoms with Gasteiger partial charge in [-0.2, -0.15) is 4.31 Å². The SMILES string of the molecule is O=C(NNC(=S)Nc1ccccc1)c1ccc(S(=O)(=O)N(Cc2ccccc2)Cc2ccccc2)cc1. The molecule has 0 saturated heterocycles. The summed E-state index contributed by atoms with van der Waals surface area (Å²) in [6.07, 6.45) is 0. The highest BCUT2D eigenvalue weighted by molar-refractivity contribution is 7.89. The summed E-state index contributed by atoms with van der Waals surface area (Å²) in [7, 11) is -3.85. The van der Waals surface area contributed by atoms with Crippen LogP contribution in [0.4, 0.5) is 5.69 Å². The molecule has 0 unspecified atom stereocenters. The van der Waals surface area contributed by atoms with Crippen molar-refractivity contribution in [2.45, 2.75) is 18.0 Å². The molecule has 0 aromatic heterocycles. The molecule has 7 nitrogen and oxygen atoms in total. The maximum atomic E-state index is 13.6. The van der Waals surface area contributed by atoms with E-state index in [9.17, 15) is 13.2 Å². The third kappa shape index (κ3) is 7.23. The second-order valence-electron chi connectivity index (χ2n) is 8.17. The summed E-state index contributed by atoms with van der Waals surface area (Å²) in [5.74, 6) is -0.452. The van der Waals surface area contributed by atoms with Crippen molar-refractivity contribution < 1.29 is 13.2 Å². The molecular formula is C28H26N4O3S2. The van der Waals surface area contributed by atoms with Crippen molar-refractivity contribution >= 4 is 38.9 Å². The Bertz CT molecular complexity index is 1390. The molecule has 188 valence electrons. The molecule has 9 heteroatoms. The highest BCUT2D eigenvalue weighted by atomic mass is 32.2. The van der Waals surface area contributed by atoms with Gasteiger partial charge in [0.25, 0.3) is 5.91 Å². The minimum Gasteiger partial charge on any atom is -0.331 e. The van der Waals surface area contributed by atoms with Crippen molar-refractivity contribution in [3.63, 3.8) is 0 Å². The maximum absolute atomic E-state index is 13.6. The molecule has 0 aliphatic carbocycles. The van der Waals surface area contributed by atoms with Gasteiger partial charge in [-0.15, -0.1) is 0 Å². The van der Waals surface area contributed by atoms with Gasteiger partial charge in [-0.05, 0) is 59.7 Å². The summed E-state index contributed by atoms with van der Waals surface area (Å²) in [6.45, 7) is 0.437. The van der Waals surface area contributed by atoms with Crippen LogP contribution >= 0.6 is 12.2 Å². The van der Waals surface area contributed by atoms with Crippen LogP contribution in [0.15, 0.2) is 120 Å². The summed E-state index contributed by atoms with van der Waals surface area (Å²) in [6, 6.07) is 34.0. The first-order valence-corrected chi connectivity index (χ1v) is 13.4. The Morgan fingerprint density at radius 1 is 0.676 bits per heavy atom. The quantitative estimate of drug-likeness (QED) is 0.226. The van der Waals surface area contributed by atoms with E-state index in [1.807, 2.05) is 91.0 Å². The number of sulfonamides is 1. The fourth-order valence-corrected chi connectivity index (χ4v) is 5.18. The molecule has 37 heavy (non-hydrogen) atoms. The van der Waals surface area contributed by atoms with Crippen molar-refractivity contribution in [3.8, 4) is 0 Å². The van der Waals surface area contributed by atoms with Crippen molar-refractivity contribution in [1.82, 2.24) is 15.2 Å². The lowest BCUT2D eigenvalue weighted by Gasteiger charge is -2.23. The number of amides is 1. The number of hydrazine groups is 1. The number of nitrogens with one attached hydrogen (secondary N) is 3. The van der Waals surface area contributed by atoms with E-state index in [0.29, 0.717) is 0 Å². The van der Waals surface area contributed by atoms with Crippen molar-refractivity contribution in [2.75, 3.05) is 5.32 Å². The molecule has 3 N–H and O–H groups in total. The van der Waals surface area contributed by atoms with E-state index in [1.54, 1.807) is 0 Å². The number of anilines is 1. The number of carbonyl (C=O) groups is 1. The second kappa shape index (κ2) is 12.3. The van der Waals surface area contributed by atoms with Gasteiger partial charge in [0, 0.05) is 24.3 Å². The maximum Gasteiger partial charge on any atom is 0.269 e. The van der Waals surface area contributed by atoms with Crippen LogP contribution in [-0.4, -0.2) is 23.7 Å². The van der Waals surface area contributed by atoms with Gasteiger partial charge in [-0.25, -0.2) is 8.42 Å². The first-order chi connectivity index (χ1) is 17.9. The lowest BCUT2D eigenvalue weighted by atomic mass is 10.2. The van der Waals surface area contributed by atoms with Gasteiger partial charge >= 0.3 is 0 Å². The van der Waals surface area contributed by atoms with Crippen LogP contribution in [0, 0.1) is 0 Å². The van der Waals surface area contributed by atoms with Gasteiger partial charge < -0.3 is 5.32 Å². The molecule has 0 saturated carbocycles. The molecule has 0 fully saturated rings. The first kappa shape index (κ1) is 26.0. The second-order valence-corrected chi connectivity index (χ2v) is 10.5. The summed E-state index contributed by atoms with van der Waals surface area (Å²) < 4.78 is 28.6. The lowest BCUT2D eigenvalue weighted by molar-refractivity contribution is 0.0944. The Hall–Kier alpha value is -4.05. The number of rotatable bonds is 8. The van der Waals surface area contributed by atoms with E-state index in [1.165, 1.54) is 28.6 Å². The highest BCUT2D eigenvalue weighted by Gasteiger charge is 2.25. The fourth-order valence-electron chi connectivity index (χ4n) is 3.60. The van der Waals surface area contributed by atoms with Crippen LogP contribution < -0.4 is 16.2 Å². The average molecular weight is 531 g/mol. The van der Waals surface area contributed by atoms with Gasteiger partial charge in [-0.1, -0.05) is 78.9 Å². The fraction of sp³-hybridized carbons (Fsp3) is 0.0714. The zero-order chi connectivity index (χ0) is 26.1. The minimum atomic E-state index is -3.85. The normalized spacial score (nSPS) is 11.1. The Kier molecular flexibility index (Phi) is 8.63. The summed E-state index contributed by atoms with van der Waals surface area (Å²) >= 11 is 5.19. The van der Waals surface area contributed by atoms with Crippen LogP contribution in [0.3, 0.4) is 0 Å². The van der Waals surface area contributed by atoms with E-state index in [-0.39, 0.29) is 28.7 Å². The number of thiocarbonyl (C=S) groups is 1. The minimum absolute atomic E-state index is 0.102. The molecule has 4 aromatic carbocycles. The van der Waals surface area contributed by atoms with E-state index >= 15 is 0 Å². The molecule has 4 aromatic rings. The van der Waals surface area contributed by atoms with Gasteiger partial charge in [0.05, 0.1) is 4.90 Å². The number of benzene rings is 4. The Labute approximate surface area is 222 Å². The molecule has 0 radical (unpaired) electrons. The number of para-hydroxylation sites is 1. The summed E-state index contributed by atoms with van der Waals surface area (Å²) in [4.78, 5) is 12.7. The third-order valence-corrected chi connectivity index (χ3v) is 7.49. The van der Waals surface area contributed by atoms with Crippen LogP contribution in [0.2, 0.25) is 0 Å². The van der Waals surface area contributed by atoms with Crippen molar-refractivity contribution in [2.24, 2.45) is 0 Å². The standard InChI is InChI=1S/C28H26N4O3S2/c33-27(30-31-28(36)29-25-14-8-3-9-15-25)24-16-18-26(19-17-24)37(34,35)32(20-22-10-4-1-5-11-22)21-23-12-6-2-7-13-23/h1-19H,20-21H2,(H,30,33)(H2,29,31,36). The zero-order valence-electron chi connectivity index (χ0n) is 19.9. The average Bonchev–Trinajstić information content (AvgIpc) is 2.93. The predicted octanol–water partition coefficient (Wildman–Crippen LogP) is 4.71. The van der Waals surface area contributed by atoms with Gasteiger partial charge in [0.2, 0.25) is 10.0 Å². The van der Waals surface area contributed by atoms with Crippen LogP contribution in [-0.2, 0) is 23.1 Å². The molecule has 0 bridgehead atoms. The topological polar surface area (TPSA) is 90.5 Å². The molecule has 0 aliphatic rings.